The number of nitrogens with zero attached hydrogens (tertiary/aromatic N) is 3. The molecule has 0 N–H and O–H groups in total. The van der Waals surface area contributed by atoms with Crippen molar-refractivity contribution in [1.29, 1.82) is 0 Å². The maximum Gasteiger partial charge on any atom is 0.266 e. The van der Waals surface area contributed by atoms with Crippen molar-refractivity contribution in [2.75, 3.05) is 18.9 Å². The summed E-state index contributed by atoms with van der Waals surface area (Å²) in [4.78, 5) is 13.9. The van der Waals surface area contributed by atoms with Crippen molar-refractivity contribution in [3.8, 4) is 22.8 Å². The van der Waals surface area contributed by atoms with Crippen LogP contribution in [-0.2, 0) is 4.79 Å². The lowest BCUT2D eigenvalue weighted by Gasteiger charge is -2.14. The lowest BCUT2D eigenvalue weighted by atomic mass is 10.1. The fraction of sp³-hybridized carbons (Fsp3) is 0.150. The maximum atomic E-state index is 12.3. The monoisotopic (exact) mass is 429 g/mol. The van der Waals surface area contributed by atoms with Gasteiger partial charge in [-0.1, -0.05) is 65.9 Å². The van der Waals surface area contributed by atoms with Gasteiger partial charge in [-0.05, 0) is 24.3 Å². The molecule has 5 nitrogen and oxygen atoms in total. The summed E-state index contributed by atoms with van der Waals surface area (Å²) in [6.45, 7) is 0.521. The molecule has 0 aliphatic carbocycles. The smallest absolute Gasteiger partial charge is 0.266 e. The summed E-state index contributed by atoms with van der Waals surface area (Å²) in [5, 5.41) is 5.21. The summed E-state index contributed by atoms with van der Waals surface area (Å²) in [5.41, 5.74) is 2.68. The fourth-order valence-electron chi connectivity index (χ4n) is 2.86. The molecule has 1 aromatic heterocycles. The summed E-state index contributed by atoms with van der Waals surface area (Å²) >= 11 is 12.7. The van der Waals surface area contributed by atoms with E-state index in [1.165, 1.54) is 11.8 Å². The molecule has 2 aromatic carbocycles. The molecule has 1 aliphatic rings. The Morgan fingerprint density at radius 1 is 1.18 bits per heavy atom. The van der Waals surface area contributed by atoms with Crippen LogP contribution >= 0.6 is 35.6 Å². The number of amides is 1. The van der Waals surface area contributed by atoms with Crippen LogP contribution in [0.15, 0.2) is 60.7 Å². The zero-order valence-electron chi connectivity index (χ0n) is 14.7. The maximum absolute atomic E-state index is 12.3. The Morgan fingerprint density at radius 2 is 1.93 bits per heavy atom. The molecular weight excluding hydrogens is 414 g/mol. The Morgan fingerprint density at radius 3 is 2.61 bits per heavy atom. The van der Waals surface area contributed by atoms with Crippen molar-refractivity contribution >= 4 is 45.8 Å². The molecule has 0 bridgehead atoms. The van der Waals surface area contributed by atoms with Crippen LogP contribution in [-0.4, -0.2) is 43.8 Å². The van der Waals surface area contributed by atoms with Gasteiger partial charge in [0.1, 0.15) is 4.32 Å². The highest BCUT2D eigenvalue weighted by Crippen LogP contribution is 2.28. The van der Waals surface area contributed by atoms with Crippen LogP contribution < -0.4 is 4.74 Å². The second-order valence-corrected chi connectivity index (χ2v) is 8.24. The Bertz CT molecular complexity index is 1010. The van der Waals surface area contributed by atoms with Crippen molar-refractivity contribution in [3.63, 3.8) is 0 Å². The van der Waals surface area contributed by atoms with Gasteiger partial charge in [0.05, 0.1) is 11.4 Å². The number of carbonyl (C=O) groups is 1. The van der Waals surface area contributed by atoms with Gasteiger partial charge in [-0.15, -0.1) is 5.10 Å². The number of rotatable bonds is 5. The predicted octanol–water partition coefficient (Wildman–Crippen LogP) is 4.43. The van der Waals surface area contributed by atoms with Crippen LogP contribution in [0.4, 0.5) is 0 Å². The molecule has 1 aliphatic heterocycles. The first-order valence-corrected chi connectivity index (χ1v) is 10.4. The van der Waals surface area contributed by atoms with Gasteiger partial charge in [0, 0.05) is 29.0 Å². The lowest BCUT2D eigenvalue weighted by molar-refractivity contribution is -0.129. The van der Waals surface area contributed by atoms with E-state index in [9.17, 15) is 4.79 Å². The average Bonchev–Trinajstić information content (AvgIpc) is 3.34. The van der Waals surface area contributed by atoms with Gasteiger partial charge in [0.15, 0.2) is 6.61 Å². The molecule has 4 rings (SSSR count). The molecule has 3 aromatic rings. The summed E-state index contributed by atoms with van der Waals surface area (Å²) in [7, 11) is 0. The van der Waals surface area contributed by atoms with Crippen LogP contribution in [0.1, 0.15) is 0 Å². The third kappa shape index (κ3) is 4.06. The standard InChI is InChI=1S/C20H16ClN3O2S2/c21-15-8-6-14(7-9-15)17-12-18(22-24(17)16-4-2-1-3-5-16)26-13-19(25)23-10-11-28-20(23)27/h1-9,12H,10-11,13H2. The van der Waals surface area contributed by atoms with Crippen LogP contribution in [0.2, 0.25) is 5.02 Å². The summed E-state index contributed by atoms with van der Waals surface area (Å²) in [6, 6.07) is 19.1. The van der Waals surface area contributed by atoms with Crippen molar-refractivity contribution in [1.82, 2.24) is 14.7 Å². The molecule has 1 fully saturated rings. The number of halogens is 1. The van der Waals surface area contributed by atoms with Gasteiger partial charge in [-0.2, -0.15) is 0 Å². The van der Waals surface area contributed by atoms with E-state index in [-0.39, 0.29) is 12.5 Å². The lowest BCUT2D eigenvalue weighted by Crippen LogP contribution is -2.34. The zero-order chi connectivity index (χ0) is 19.5. The van der Waals surface area contributed by atoms with E-state index in [1.54, 1.807) is 9.58 Å². The number of aromatic nitrogens is 2. The molecule has 0 spiro atoms. The Hall–Kier alpha value is -2.35. The number of carbonyl (C=O) groups excluding carboxylic acids is 1. The highest BCUT2D eigenvalue weighted by atomic mass is 35.5. The Kier molecular flexibility index (Phi) is 5.66. The van der Waals surface area contributed by atoms with E-state index in [0.717, 1.165) is 22.7 Å². The van der Waals surface area contributed by atoms with E-state index in [2.05, 4.69) is 5.10 Å². The van der Waals surface area contributed by atoms with Gasteiger partial charge < -0.3 is 4.74 Å². The second-order valence-electron chi connectivity index (χ2n) is 6.07. The highest BCUT2D eigenvalue weighted by molar-refractivity contribution is 8.23. The minimum absolute atomic E-state index is 0.105. The topological polar surface area (TPSA) is 47.4 Å². The summed E-state index contributed by atoms with van der Waals surface area (Å²) < 4.78 is 8.09. The van der Waals surface area contributed by atoms with E-state index in [1.807, 2.05) is 60.7 Å². The molecule has 1 amide bonds. The summed E-state index contributed by atoms with van der Waals surface area (Å²) in [6.07, 6.45) is 0. The van der Waals surface area contributed by atoms with Crippen LogP contribution in [0.25, 0.3) is 16.9 Å². The SMILES string of the molecule is O=C(COc1cc(-c2ccc(Cl)cc2)n(-c2ccccc2)n1)N1CCSC1=S. The number of hydrogen-bond donors (Lipinski definition) is 0. The average molecular weight is 430 g/mol. The van der Waals surface area contributed by atoms with E-state index >= 15 is 0 Å². The van der Waals surface area contributed by atoms with Crippen LogP contribution in [0, 0.1) is 0 Å². The normalized spacial score (nSPS) is 13.8. The van der Waals surface area contributed by atoms with Crippen molar-refractivity contribution in [2.24, 2.45) is 0 Å². The number of benzene rings is 2. The molecule has 142 valence electrons. The van der Waals surface area contributed by atoms with E-state index < -0.39 is 0 Å². The molecule has 0 radical (unpaired) electrons. The van der Waals surface area contributed by atoms with Gasteiger partial charge in [-0.3, -0.25) is 9.69 Å². The first kappa shape index (κ1) is 19.0. The van der Waals surface area contributed by atoms with Crippen molar-refractivity contribution in [2.45, 2.75) is 0 Å². The van der Waals surface area contributed by atoms with Crippen LogP contribution in [0.3, 0.4) is 0 Å². The Labute approximate surface area is 177 Å². The first-order valence-electron chi connectivity index (χ1n) is 8.63. The van der Waals surface area contributed by atoms with Crippen molar-refractivity contribution < 1.29 is 9.53 Å². The molecule has 0 unspecified atom stereocenters. The number of thiocarbonyl (C=S) groups is 1. The minimum Gasteiger partial charge on any atom is -0.466 e. The number of para-hydroxylation sites is 1. The molecular formula is C20H16ClN3O2S2. The second kappa shape index (κ2) is 8.34. The van der Waals surface area contributed by atoms with E-state index in [0.29, 0.717) is 21.8 Å². The molecule has 0 atom stereocenters. The third-order valence-electron chi connectivity index (χ3n) is 4.23. The molecule has 28 heavy (non-hydrogen) atoms. The number of ether oxygens (including phenoxy) is 1. The van der Waals surface area contributed by atoms with E-state index in [4.69, 9.17) is 28.6 Å². The number of thioether (sulfide) groups is 1. The molecule has 1 saturated heterocycles. The number of hydrogen-bond acceptors (Lipinski definition) is 5. The molecule has 0 saturated carbocycles. The van der Waals surface area contributed by atoms with Gasteiger partial charge in [0.25, 0.3) is 5.91 Å². The highest BCUT2D eigenvalue weighted by Gasteiger charge is 2.24. The van der Waals surface area contributed by atoms with Gasteiger partial charge >= 0.3 is 0 Å². The zero-order valence-corrected chi connectivity index (χ0v) is 17.1. The van der Waals surface area contributed by atoms with Crippen LogP contribution in [0.5, 0.6) is 5.88 Å². The summed E-state index contributed by atoms with van der Waals surface area (Å²) in [5.74, 6) is 1.05. The quantitative estimate of drug-likeness (QED) is 0.561. The Balaban J connectivity index is 1.61. The molecule has 8 heteroatoms. The van der Waals surface area contributed by atoms with Gasteiger partial charge in [-0.25, -0.2) is 4.68 Å². The largest absolute Gasteiger partial charge is 0.466 e. The third-order valence-corrected chi connectivity index (χ3v) is 5.91. The minimum atomic E-state index is -0.155. The van der Waals surface area contributed by atoms with Crippen molar-refractivity contribution in [3.05, 3.63) is 65.7 Å². The molecule has 2 heterocycles. The van der Waals surface area contributed by atoms with Gasteiger partial charge in [0.2, 0.25) is 5.88 Å². The fourth-order valence-corrected chi connectivity index (χ4v) is 4.22. The predicted molar refractivity (Wildman–Crippen MR) is 116 cm³/mol. The first-order chi connectivity index (χ1) is 13.6.